The third-order valence-electron chi connectivity index (χ3n) is 5.95. The average molecular weight is 442 g/mol. The molecule has 0 unspecified atom stereocenters. The number of piperidine rings is 1. The average Bonchev–Trinajstić information content (AvgIpc) is 2.76. The second-order valence-corrected chi connectivity index (χ2v) is 9.18. The topological polar surface area (TPSA) is 93.6 Å². The number of hydrogen-bond acceptors (Lipinski definition) is 6. The van der Waals surface area contributed by atoms with Crippen LogP contribution in [-0.4, -0.2) is 46.5 Å². The second kappa shape index (κ2) is 10.2. The number of nitrogens with two attached hydrogens (primary N) is 1. The van der Waals surface area contributed by atoms with Crippen LogP contribution >= 0.6 is 0 Å². The molecule has 0 bridgehead atoms. The maximum atomic E-state index is 13.1. The molecule has 1 aromatic carbocycles. The fourth-order valence-electron chi connectivity index (χ4n) is 4.35. The summed E-state index contributed by atoms with van der Waals surface area (Å²) in [6.07, 6.45) is 3.65. The van der Waals surface area contributed by atoms with E-state index in [0.717, 1.165) is 23.2 Å². The van der Waals surface area contributed by atoms with Crippen LogP contribution in [0.2, 0.25) is 0 Å². The number of carbonyl (C=O) groups excluding carboxylic acids is 1. The third-order valence-corrected chi connectivity index (χ3v) is 5.95. The highest BCUT2D eigenvalue weighted by Gasteiger charge is 2.23. The lowest BCUT2D eigenvalue weighted by Crippen LogP contribution is -2.44. The first kappa shape index (κ1) is 23.8. The summed E-state index contributed by atoms with van der Waals surface area (Å²) in [4.78, 5) is 42.6. The second-order valence-electron chi connectivity index (χ2n) is 9.18. The minimum absolute atomic E-state index is 0.0354. The number of hydrogen-bond donors (Lipinski definition) is 1. The summed E-state index contributed by atoms with van der Waals surface area (Å²) in [5, 5.41) is 0. The lowest BCUT2D eigenvalue weighted by Gasteiger charge is -2.31. The molecule has 1 saturated heterocycles. The van der Waals surface area contributed by atoms with E-state index < -0.39 is 11.2 Å². The maximum Gasteiger partial charge on any atom is 0.332 e. The molecule has 32 heavy (non-hydrogen) atoms. The molecular formula is C24H35N5O3. The molecular weight excluding hydrogens is 406 g/mol. The van der Waals surface area contributed by atoms with Gasteiger partial charge in [0.1, 0.15) is 11.4 Å². The van der Waals surface area contributed by atoms with E-state index in [1.165, 1.54) is 36.6 Å². The van der Waals surface area contributed by atoms with Crippen molar-refractivity contribution in [1.82, 2.24) is 14.0 Å². The molecule has 2 heterocycles. The van der Waals surface area contributed by atoms with Crippen molar-refractivity contribution in [3.8, 4) is 0 Å². The SMILES string of the molecule is CC(C)Cn1c(N)c(C(=O)CN(C)Cc2ccccc2N2CCCCC2)c(=O)n(C)c1=O. The van der Waals surface area contributed by atoms with Crippen molar-refractivity contribution >= 4 is 17.3 Å². The Morgan fingerprint density at radius 3 is 2.44 bits per heavy atom. The highest BCUT2D eigenvalue weighted by Crippen LogP contribution is 2.25. The number of anilines is 2. The van der Waals surface area contributed by atoms with E-state index in [1.807, 2.05) is 37.9 Å². The number of ketones is 1. The Hall–Kier alpha value is -2.87. The van der Waals surface area contributed by atoms with E-state index in [-0.39, 0.29) is 29.6 Å². The van der Waals surface area contributed by atoms with Gasteiger partial charge in [-0.15, -0.1) is 0 Å². The Kier molecular flexibility index (Phi) is 7.56. The van der Waals surface area contributed by atoms with Gasteiger partial charge in [0.15, 0.2) is 5.78 Å². The summed E-state index contributed by atoms with van der Waals surface area (Å²) in [6, 6.07) is 8.27. The number of nitrogens with zero attached hydrogens (tertiary/aromatic N) is 4. The van der Waals surface area contributed by atoms with Gasteiger partial charge in [-0.3, -0.25) is 23.6 Å². The van der Waals surface area contributed by atoms with Crippen LogP contribution in [0.4, 0.5) is 11.5 Å². The van der Waals surface area contributed by atoms with E-state index in [0.29, 0.717) is 13.1 Å². The Morgan fingerprint density at radius 2 is 1.78 bits per heavy atom. The van der Waals surface area contributed by atoms with E-state index in [9.17, 15) is 14.4 Å². The Balaban J connectivity index is 1.82. The van der Waals surface area contributed by atoms with E-state index in [2.05, 4.69) is 17.0 Å². The summed E-state index contributed by atoms with van der Waals surface area (Å²) in [6.45, 7) is 6.95. The van der Waals surface area contributed by atoms with Crippen molar-refractivity contribution in [3.05, 3.63) is 56.2 Å². The maximum absolute atomic E-state index is 13.1. The van der Waals surface area contributed by atoms with Crippen LogP contribution in [0.15, 0.2) is 33.9 Å². The fourth-order valence-corrected chi connectivity index (χ4v) is 4.35. The van der Waals surface area contributed by atoms with Crippen LogP contribution in [0.25, 0.3) is 0 Å². The molecule has 0 saturated carbocycles. The van der Waals surface area contributed by atoms with Gasteiger partial charge < -0.3 is 10.6 Å². The molecule has 1 aliphatic rings. The van der Waals surface area contributed by atoms with Gasteiger partial charge in [0.2, 0.25) is 0 Å². The summed E-state index contributed by atoms with van der Waals surface area (Å²) in [5.74, 6) is -0.276. The van der Waals surface area contributed by atoms with Gasteiger partial charge in [0, 0.05) is 38.9 Å². The number of benzene rings is 1. The lowest BCUT2D eigenvalue weighted by molar-refractivity contribution is 0.0941. The first-order chi connectivity index (χ1) is 15.2. The van der Waals surface area contributed by atoms with Crippen LogP contribution in [0.1, 0.15) is 49.0 Å². The summed E-state index contributed by atoms with van der Waals surface area (Å²) >= 11 is 0. The number of Topliss-reactive ketones (excluding diaryl/α,β-unsaturated/α-hetero) is 1. The van der Waals surface area contributed by atoms with Gasteiger partial charge in [-0.2, -0.15) is 0 Å². The molecule has 8 heteroatoms. The van der Waals surface area contributed by atoms with E-state index >= 15 is 0 Å². The lowest BCUT2D eigenvalue weighted by atomic mass is 10.1. The number of aromatic nitrogens is 2. The smallest absolute Gasteiger partial charge is 0.332 e. The zero-order valence-electron chi connectivity index (χ0n) is 19.6. The monoisotopic (exact) mass is 441 g/mol. The molecule has 174 valence electrons. The highest BCUT2D eigenvalue weighted by molar-refractivity contribution is 6.01. The molecule has 8 nitrogen and oxygen atoms in total. The highest BCUT2D eigenvalue weighted by atomic mass is 16.2. The van der Waals surface area contributed by atoms with Crippen LogP contribution in [0.5, 0.6) is 0 Å². The van der Waals surface area contributed by atoms with Gasteiger partial charge >= 0.3 is 5.69 Å². The van der Waals surface area contributed by atoms with Gasteiger partial charge in [-0.05, 0) is 43.9 Å². The number of likely N-dealkylation sites (N-methyl/N-ethyl adjacent to an activating group) is 1. The fraction of sp³-hybridized carbons (Fsp3) is 0.542. The molecule has 0 spiro atoms. The number of rotatable bonds is 8. The molecule has 0 radical (unpaired) electrons. The molecule has 1 fully saturated rings. The number of para-hydroxylation sites is 1. The molecule has 1 aromatic heterocycles. The third kappa shape index (κ3) is 5.12. The van der Waals surface area contributed by atoms with Gasteiger partial charge in [-0.25, -0.2) is 4.79 Å². The summed E-state index contributed by atoms with van der Waals surface area (Å²) < 4.78 is 2.29. The zero-order chi connectivity index (χ0) is 23.4. The van der Waals surface area contributed by atoms with Crippen molar-refractivity contribution in [2.24, 2.45) is 13.0 Å². The molecule has 0 amide bonds. The Labute approximate surface area is 189 Å². The largest absolute Gasteiger partial charge is 0.384 e. The normalized spacial score (nSPS) is 14.4. The first-order valence-corrected chi connectivity index (χ1v) is 11.3. The summed E-state index contributed by atoms with van der Waals surface area (Å²) in [7, 11) is 3.24. The van der Waals surface area contributed by atoms with Gasteiger partial charge in [-0.1, -0.05) is 32.0 Å². The standard InChI is InChI=1S/C24H35N5O3/c1-17(2)14-29-22(25)21(23(31)27(4)24(29)32)20(30)16-26(3)15-18-10-6-7-11-19(18)28-12-8-5-9-13-28/h6-7,10-11,17H,5,8-9,12-16,25H2,1-4H3. The van der Waals surface area contributed by atoms with Crippen LogP contribution in [-0.2, 0) is 20.1 Å². The molecule has 0 atom stereocenters. The zero-order valence-corrected chi connectivity index (χ0v) is 19.6. The Morgan fingerprint density at radius 1 is 1.12 bits per heavy atom. The van der Waals surface area contributed by atoms with Crippen molar-refractivity contribution in [1.29, 1.82) is 0 Å². The van der Waals surface area contributed by atoms with Crippen LogP contribution in [0, 0.1) is 5.92 Å². The molecule has 3 rings (SSSR count). The predicted molar refractivity (Wildman–Crippen MR) is 128 cm³/mol. The Bertz CT molecular complexity index is 1080. The minimum atomic E-state index is -0.639. The first-order valence-electron chi connectivity index (χ1n) is 11.3. The van der Waals surface area contributed by atoms with Gasteiger partial charge in [0.25, 0.3) is 5.56 Å². The number of carbonyl (C=O) groups is 1. The molecule has 0 aliphatic carbocycles. The quantitative estimate of drug-likeness (QED) is 0.631. The predicted octanol–water partition coefficient (Wildman–Crippen LogP) is 2.09. The van der Waals surface area contributed by atoms with Crippen molar-refractivity contribution in [3.63, 3.8) is 0 Å². The molecule has 2 aromatic rings. The van der Waals surface area contributed by atoms with Crippen LogP contribution in [0.3, 0.4) is 0 Å². The molecule has 1 aliphatic heterocycles. The van der Waals surface area contributed by atoms with Crippen molar-refractivity contribution in [2.75, 3.05) is 37.3 Å². The summed E-state index contributed by atoms with van der Waals surface area (Å²) in [5.41, 5.74) is 7.26. The minimum Gasteiger partial charge on any atom is -0.384 e. The van der Waals surface area contributed by atoms with Gasteiger partial charge in [0.05, 0.1) is 6.54 Å². The van der Waals surface area contributed by atoms with E-state index in [1.54, 1.807) is 0 Å². The van der Waals surface area contributed by atoms with Crippen molar-refractivity contribution < 1.29 is 4.79 Å². The van der Waals surface area contributed by atoms with E-state index in [4.69, 9.17) is 5.73 Å². The number of nitrogen functional groups attached to an aromatic ring is 1. The molecule has 2 N–H and O–H groups in total. The van der Waals surface area contributed by atoms with Crippen molar-refractivity contribution in [2.45, 2.75) is 46.2 Å². The van der Waals surface area contributed by atoms with Crippen LogP contribution < -0.4 is 21.9 Å².